The Kier molecular flexibility index (Phi) is 4.94. The molecule has 0 heterocycles. The zero-order valence-corrected chi connectivity index (χ0v) is 11.5. The maximum Gasteiger partial charge on any atom is 0.324 e. The van der Waals surface area contributed by atoms with E-state index in [1.54, 1.807) is 34.6 Å². The van der Waals surface area contributed by atoms with Crippen LogP contribution < -0.4 is 4.72 Å². The smallest absolute Gasteiger partial charge is 0.324 e. The molecule has 5 nitrogen and oxygen atoms in total. The lowest BCUT2D eigenvalue weighted by molar-refractivity contribution is -0.158. The molecule has 0 aromatic rings. The quantitative estimate of drug-likeness (QED) is 0.754. The molecule has 0 saturated heterocycles. The van der Waals surface area contributed by atoms with Crippen molar-refractivity contribution >= 4 is 16.0 Å². The molecule has 1 N–H and O–H groups in total. The van der Waals surface area contributed by atoms with Gasteiger partial charge in [-0.05, 0) is 26.7 Å². The fourth-order valence-electron chi connectivity index (χ4n) is 1.05. The van der Waals surface area contributed by atoms with Crippen molar-refractivity contribution in [2.75, 3.05) is 6.26 Å². The van der Waals surface area contributed by atoms with E-state index in [0.717, 1.165) is 6.26 Å². The number of ether oxygens (including phenoxy) is 1. The molecule has 0 saturated carbocycles. The van der Waals surface area contributed by atoms with Gasteiger partial charge in [0.15, 0.2) is 0 Å². The summed E-state index contributed by atoms with van der Waals surface area (Å²) in [5, 5.41) is 0. The summed E-state index contributed by atoms with van der Waals surface area (Å²) in [6.45, 7) is 8.73. The van der Waals surface area contributed by atoms with Gasteiger partial charge < -0.3 is 4.74 Å². The van der Waals surface area contributed by atoms with Crippen LogP contribution in [0.15, 0.2) is 0 Å². The summed E-state index contributed by atoms with van der Waals surface area (Å²) in [6.07, 6.45) is 1.02. The molecule has 0 aromatic heterocycles. The van der Waals surface area contributed by atoms with Gasteiger partial charge in [-0.25, -0.2) is 13.1 Å². The maximum absolute atomic E-state index is 11.7. The van der Waals surface area contributed by atoms with E-state index in [2.05, 4.69) is 4.72 Å². The lowest BCUT2D eigenvalue weighted by atomic mass is 10.1. The molecule has 0 rings (SSSR count). The van der Waals surface area contributed by atoms with Gasteiger partial charge in [-0.2, -0.15) is 0 Å². The molecule has 0 amide bonds. The molecule has 0 bridgehead atoms. The second-order valence-electron chi connectivity index (χ2n) is 5.15. The third kappa shape index (κ3) is 6.79. The summed E-state index contributed by atoms with van der Waals surface area (Å²) < 4.78 is 29.6. The van der Waals surface area contributed by atoms with Crippen LogP contribution in [0.3, 0.4) is 0 Å². The summed E-state index contributed by atoms with van der Waals surface area (Å²) in [5.74, 6) is -0.711. The minimum atomic E-state index is -3.42. The monoisotopic (exact) mass is 251 g/mol. The zero-order chi connectivity index (χ0) is 13.1. The molecule has 96 valence electrons. The molecule has 0 aliphatic carbocycles. The molecule has 0 fully saturated rings. The zero-order valence-electron chi connectivity index (χ0n) is 10.7. The number of hydrogen-bond acceptors (Lipinski definition) is 4. The lowest BCUT2D eigenvalue weighted by Gasteiger charge is -2.25. The average Bonchev–Trinajstić information content (AvgIpc) is 1.94. The van der Waals surface area contributed by atoms with Crippen molar-refractivity contribution < 1.29 is 17.9 Å². The van der Waals surface area contributed by atoms with Gasteiger partial charge in [0, 0.05) is 0 Å². The summed E-state index contributed by atoms with van der Waals surface area (Å²) in [7, 11) is -3.42. The fourth-order valence-corrected chi connectivity index (χ4v) is 1.88. The number of carbonyl (C=O) groups excluding carboxylic acids is 1. The van der Waals surface area contributed by atoms with E-state index >= 15 is 0 Å². The van der Waals surface area contributed by atoms with Gasteiger partial charge in [0.1, 0.15) is 11.6 Å². The van der Waals surface area contributed by atoms with Gasteiger partial charge in [-0.15, -0.1) is 0 Å². The van der Waals surface area contributed by atoms with Crippen LogP contribution >= 0.6 is 0 Å². The Bertz CT molecular complexity index is 340. The Hall–Kier alpha value is -0.620. The van der Waals surface area contributed by atoms with E-state index in [1.807, 2.05) is 0 Å². The first kappa shape index (κ1) is 15.4. The maximum atomic E-state index is 11.7. The van der Waals surface area contributed by atoms with Crippen molar-refractivity contribution in [3.63, 3.8) is 0 Å². The van der Waals surface area contributed by atoms with Gasteiger partial charge in [-0.1, -0.05) is 13.8 Å². The van der Waals surface area contributed by atoms with Crippen LogP contribution in [0.4, 0.5) is 0 Å². The van der Waals surface area contributed by atoms with E-state index in [9.17, 15) is 13.2 Å². The van der Waals surface area contributed by atoms with Crippen LogP contribution in [0.1, 0.15) is 34.6 Å². The standard InChI is InChI=1S/C10H21NO4S/c1-7(2)8(11-16(6,13)14)9(12)15-10(3,4)5/h7-8,11H,1-6H3/t8-/m0/s1. The van der Waals surface area contributed by atoms with Gasteiger partial charge in [0.2, 0.25) is 10.0 Å². The van der Waals surface area contributed by atoms with Crippen molar-refractivity contribution in [3.8, 4) is 0 Å². The molecule has 0 aliphatic heterocycles. The summed E-state index contributed by atoms with van der Waals surface area (Å²) in [6, 6.07) is -0.839. The second-order valence-corrected chi connectivity index (χ2v) is 6.93. The molecular weight excluding hydrogens is 230 g/mol. The number of rotatable bonds is 4. The fraction of sp³-hybridized carbons (Fsp3) is 0.900. The molecular formula is C10H21NO4S. The third-order valence-corrected chi connectivity index (χ3v) is 2.35. The van der Waals surface area contributed by atoms with Gasteiger partial charge in [0.25, 0.3) is 0 Å². The van der Waals surface area contributed by atoms with E-state index in [4.69, 9.17) is 4.74 Å². The normalized spacial score (nSPS) is 14.9. The Balaban J connectivity index is 4.75. The van der Waals surface area contributed by atoms with Gasteiger partial charge >= 0.3 is 5.97 Å². The number of nitrogens with one attached hydrogen (secondary N) is 1. The summed E-state index contributed by atoms with van der Waals surface area (Å²) in [5.41, 5.74) is -0.622. The average molecular weight is 251 g/mol. The molecule has 0 radical (unpaired) electrons. The topological polar surface area (TPSA) is 72.5 Å². The van der Waals surface area contributed by atoms with Crippen molar-refractivity contribution in [1.29, 1.82) is 0 Å². The molecule has 0 aromatic carbocycles. The molecule has 0 unspecified atom stereocenters. The SMILES string of the molecule is CC(C)[C@H](NS(C)(=O)=O)C(=O)OC(C)(C)C. The number of esters is 1. The summed E-state index contributed by atoms with van der Waals surface area (Å²) in [4.78, 5) is 11.7. The number of hydrogen-bond donors (Lipinski definition) is 1. The molecule has 1 atom stereocenters. The van der Waals surface area contributed by atoms with Crippen molar-refractivity contribution in [2.45, 2.75) is 46.3 Å². The van der Waals surface area contributed by atoms with Crippen molar-refractivity contribution in [3.05, 3.63) is 0 Å². The van der Waals surface area contributed by atoms with E-state index in [-0.39, 0.29) is 5.92 Å². The van der Waals surface area contributed by atoms with E-state index in [0.29, 0.717) is 0 Å². The van der Waals surface area contributed by atoms with Crippen LogP contribution in [0.5, 0.6) is 0 Å². The van der Waals surface area contributed by atoms with Crippen LogP contribution in [0.25, 0.3) is 0 Å². The predicted octanol–water partition coefficient (Wildman–Crippen LogP) is 0.902. The minimum Gasteiger partial charge on any atom is -0.459 e. The third-order valence-electron chi connectivity index (χ3n) is 1.67. The Labute approximate surface area is 97.6 Å². The van der Waals surface area contributed by atoms with Gasteiger partial charge in [-0.3, -0.25) is 4.79 Å². The van der Waals surface area contributed by atoms with Crippen molar-refractivity contribution in [1.82, 2.24) is 4.72 Å². The van der Waals surface area contributed by atoms with E-state index < -0.39 is 27.6 Å². The largest absolute Gasteiger partial charge is 0.459 e. The summed E-state index contributed by atoms with van der Waals surface area (Å²) >= 11 is 0. The highest BCUT2D eigenvalue weighted by Crippen LogP contribution is 2.12. The van der Waals surface area contributed by atoms with Crippen LogP contribution in [0.2, 0.25) is 0 Å². The first-order valence-electron chi connectivity index (χ1n) is 5.12. The first-order chi connectivity index (χ1) is 6.92. The number of carbonyl (C=O) groups is 1. The molecule has 16 heavy (non-hydrogen) atoms. The predicted molar refractivity (Wildman–Crippen MR) is 62.5 cm³/mol. The van der Waals surface area contributed by atoms with Gasteiger partial charge in [0.05, 0.1) is 6.26 Å². The minimum absolute atomic E-state index is 0.162. The van der Waals surface area contributed by atoms with Crippen LogP contribution in [-0.2, 0) is 19.6 Å². The molecule has 0 spiro atoms. The first-order valence-corrected chi connectivity index (χ1v) is 7.01. The molecule has 0 aliphatic rings. The highest BCUT2D eigenvalue weighted by atomic mass is 32.2. The highest BCUT2D eigenvalue weighted by Gasteiger charge is 2.29. The second kappa shape index (κ2) is 5.14. The highest BCUT2D eigenvalue weighted by molar-refractivity contribution is 7.88. The lowest BCUT2D eigenvalue weighted by Crippen LogP contribution is -2.46. The van der Waals surface area contributed by atoms with Crippen LogP contribution in [0, 0.1) is 5.92 Å². The van der Waals surface area contributed by atoms with Crippen LogP contribution in [-0.4, -0.2) is 32.3 Å². The Morgan fingerprint density at radius 3 is 1.94 bits per heavy atom. The Morgan fingerprint density at radius 1 is 1.25 bits per heavy atom. The molecule has 6 heteroatoms. The van der Waals surface area contributed by atoms with Crippen molar-refractivity contribution in [2.24, 2.45) is 5.92 Å². The van der Waals surface area contributed by atoms with E-state index in [1.165, 1.54) is 0 Å². The number of sulfonamides is 1. The Morgan fingerprint density at radius 2 is 1.69 bits per heavy atom.